The molecule has 9 heteroatoms. The molecule has 136 valence electrons. The molecule has 2 amide bonds. The van der Waals surface area contributed by atoms with Crippen molar-refractivity contribution >= 4 is 28.8 Å². The van der Waals surface area contributed by atoms with Crippen LogP contribution < -0.4 is 11.2 Å². The van der Waals surface area contributed by atoms with Gasteiger partial charge in [-0.2, -0.15) is 9.84 Å². The van der Waals surface area contributed by atoms with Crippen LogP contribution in [0.15, 0.2) is 22.6 Å². The summed E-state index contributed by atoms with van der Waals surface area (Å²) < 4.78 is 0.881. The quantitative estimate of drug-likeness (QED) is 0.423. The smallest absolute Gasteiger partial charge is 0.332 e. The van der Waals surface area contributed by atoms with Gasteiger partial charge in [0.1, 0.15) is 11.3 Å². The molecule has 3 rings (SSSR count). The first-order chi connectivity index (χ1) is 11.8. The van der Waals surface area contributed by atoms with Gasteiger partial charge in [-0.05, 0) is 44.6 Å². The number of nitrogens with two attached hydrogens (primary N) is 1. The van der Waals surface area contributed by atoms with E-state index in [4.69, 9.17) is 5.73 Å². The van der Waals surface area contributed by atoms with Crippen LogP contribution in [-0.4, -0.2) is 43.7 Å². The van der Waals surface area contributed by atoms with Gasteiger partial charge in [-0.25, -0.2) is 10.2 Å². The number of hydroxylamine groups is 3. The summed E-state index contributed by atoms with van der Waals surface area (Å²) in [6.45, 7) is 3.62. The number of hydrogen-bond donors (Lipinski definition) is 3. The molecule has 1 saturated carbocycles. The summed E-state index contributed by atoms with van der Waals surface area (Å²) in [5.41, 5.74) is 6.06. The minimum Gasteiger partial charge on any atom is -0.622 e. The maximum Gasteiger partial charge on any atom is 0.332 e. The highest BCUT2D eigenvalue weighted by molar-refractivity contribution is 7.12. The average molecular weight is 365 g/mol. The molecule has 2 heterocycles. The summed E-state index contributed by atoms with van der Waals surface area (Å²) in [6.07, 6.45) is 3.46. The van der Waals surface area contributed by atoms with Crippen LogP contribution in [0.5, 0.6) is 0 Å². The van der Waals surface area contributed by atoms with Gasteiger partial charge in [-0.3, -0.25) is 0 Å². The standard InChI is InChI=1S/C16H23N5O3S/c1-15(2)13(11-7-6-10-25-11)20(23)16(21(15)24)9-5-3-4-8-12(16)18-19-14(17)22/h6-7,10,24H,3-5,8-9H2,1-2H3,(H3,17,19,22)/b18-12-/t16-/m1/s1. The Bertz CT molecular complexity index is 728. The fourth-order valence-corrected chi connectivity index (χ4v) is 4.70. The van der Waals surface area contributed by atoms with Crippen LogP contribution in [-0.2, 0) is 0 Å². The van der Waals surface area contributed by atoms with Crippen molar-refractivity contribution in [1.29, 1.82) is 0 Å². The Kier molecular flexibility index (Phi) is 4.56. The van der Waals surface area contributed by atoms with Crippen molar-refractivity contribution < 1.29 is 14.7 Å². The van der Waals surface area contributed by atoms with Gasteiger partial charge < -0.3 is 16.1 Å². The van der Waals surface area contributed by atoms with Crippen molar-refractivity contribution in [1.82, 2.24) is 10.5 Å². The molecule has 0 aromatic carbocycles. The third-order valence-corrected chi connectivity index (χ3v) is 5.83. The molecule has 1 aliphatic carbocycles. The molecule has 25 heavy (non-hydrogen) atoms. The summed E-state index contributed by atoms with van der Waals surface area (Å²) in [5, 5.41) is 31.7. The van der Waals surface area contributed by atoms with E-state index < -0.39 is 17.2 Å². The van der Waals surface area contributed by atoms with Crippen LogP contribution in [0, 0.1) is 5.21 Å². The largest absolute Gasteiger partial charge is 0.622 e. The fourth-order valence-electron chi connectivity index (χ4n) is 3.80. The Morgan fingerprint density at radius 3 is 2.88 bits per heavy atom. The van der Waals surface area contributed by atoms with Gasteiger partial charge in [0, 0.05) is 6.42 Å². The van der Waals surface area contributed by atoms with Crippen molar-refractivity contribution in [3.63, 3.8) is 0 Å². The minimum atomic E-state index is -1.33. The molecular weight excluding hydrogens is 342 g/mol. The molecule has 1 atom stereocenters. The van der Waals surface area contributed by atoms with E-state index in [1.54, 1.807) is 0 Å². The SMILES string of the molecule is CC1(C)C(c2cccs2)=[N+]([O-])[C@]2(CCCCC/C2=N/NC(N)=O)N1O. The lowest BCUT2D eigenvalue weighted by molar-refractivity contribution is -0.567. The number of rotatable bonds is 2. The maximum atomic E-state index is 13.5. The van der Waals surface area contributed by atoms with E-state index in [0.717, 1.165) is 33.9 Å². The first-order valence-corrected chi connectivity index (χ1v) is 9.20. The van der Waals surface area contributed by atoms with Gasteiger partial charge in [0.05, 0.1) is 4.88 Å². The van der Waals surface area contributed by atoms with Crippen LogP contribution in [0.4, 0.5) is 4.79 Å². The summed E-state index contributed by atoms with van der Waals surface area (Å²) in [7, 11) is 0. The van der Waals surface area contributed by atoms with Gasteiger partial charge in [0.15, 0.2) is 0 Å². The van der Waals surface area contributed by atoms with E-state index in [-0.39, 0.29) is 0 Å². The number of hydrazone groups is 1. The van der Waals surface area contributed by atoms with Crippen LogP contribution >= 0.6 is 11.3 Å². The number of carbonyl (C=O) groups excluding carboxylic acids is 1. The van der Waals surface area contributed by atoms with E-state index in [2.05, 4.69) is 10.5 Å². The molecule has 0 radical (unpaired) electrons. The summed E-state index contributed by atoms with van der Waals surface area (Å²) in [4.78, 5) is 11.9. The Hall–Kier alpha value is -1.97. The number of nitrogens with zero attached hydrogens (tertiary/aromatic N) is 3. The lowest BCUT2D eigenvalue weighted by Gasteiger charge is -2.35. The van der Waals surface area contributed by atoms with Gasteiger partial charge in [-0.1, -0.05) is 12.5 Å². The number of hydrogen-bond acceptors (Lipinski definition) is 6. The van der Waals surface area contributed by atoms with Crippen molar-refractivity contribution in [2.75, 3.05) is 0 Å². The first kappa shape index (κ1) is 17.8. The first-order valence-electron chi connectivity index (χ1n) is 8.32. The molecule has 0 bridgehead atoms. The lowest BCUT2D eigenvalue weighted by Crippen LogP contribution is -2.59. The highest BCUT2D eigenvalue weighted by atomic mass is 32.1. The molecule has 1 spiro atoms. The number of nitrogens with one attached hydrogen (secondary N) is 1. The Morgan fingerprint density at radius 2 is 2.24 bits per heavy atom. The molecule has 4 N–H and O–H groups in total. The molecule has 8 nitrogen and oxygen atoms in total. The van der Waals surface area contributed by atoms with Crippen molar-refractivity contribution in [3.05, 3.63) is 27.6 Å². The number of urea groups is 1. The monoisotopic (exact) mass is 365 g/mol. The van der Waals surface area contributed by atoms with Crippen molar-refractivity contribution in [3.8, 4) is 0 Å². The topological polar surface area (TPSA) is 117 Å². The zero-order valence-corrected chi connectivity index (χ0v) is 15.2. The van der Waals surface area contributed by atoms with E-state index in [0.29, 0.717) is 24.3 Å². The van der Waals surface area contributed by atoms with E-state index in [9.17, 15) is 15.2 Å². The maximum absolute atomic E-state index is 13.5. The predicted octanol–water partition coefficient (Wildman–Crippen LogP) is 2.22. The number of amides is 2. The zero-order valence-electron chi connectivity index (χ0n) is 14.4. The van der Waals surface area contributed by atoms with E-state index >= 15 is 0 Å². The highest BCUT2D eigenvalue weighted by Gasteiger charge is 2.65. The zero-order chi connectivity index (χ0) is 18.2. The fraction of sp³-hybridized carbons (Fsp3) is 0.562. The molecule has 2 aliphatic rings. The van der Waals surface area contributed by atoms with Gasteiger partial charge in [0.2, 0.25) is 5.71 Å². The Morgan fingerprint density at radius 1 is 1.48 bits per heavy atom. The van der Waals surface area contributed by atoms with Gasteiger partial charge in [-0.15, -0.1) is 16.4 Å². The third-order valence-electron chi connectivity index (χ3n) is 4.96. The summed E-state index contributed by atoms with van der Waals surface area (Å²) in [5.74, 6) is 0. The van der Waals surface area contributed by atoms with Gasteiger partial charge >= 0.3 is 6.03 Å². The van der Waals surface area contributed by atoms with E-state index in [1.807, 2.05) is 31.4 Å². The molecule has 1 fully saturated rings. The molecule has 1 aliphatic heterocycles. The molecule has 1 aromatic rings. The molecule has 1 aromatic heterocycles. The van der Waals surface area contributed by atoms with Crippen LogP contribution in [0.2, 0.25) is 0 Å². The third kappa shape index (κ3) is 2.72. The van der Waals surface area contributed by atoms with Crippen molar-refractivity contribution in [2.24, 2.45) is 10.8 Å². The normalized spacial score (nSPS) is 28.5. The van der Waals surface area contributed by atoms with Crippen LogP contribution in [0.3, 0.4) is 0 Å². The molecule has 0 saturated heterocycles. The second kappa shape index (κ2) is 6.40. The Balaban J connectivity index is 2.19. The second-order valence-corrected chi connectivity index (χ2v) is 7.85. The van der Waals surface area contributed by atoms with E-state index in [1.165, 1.54) is 11.3 Å². The second-order valence-electron chi connectivity index (χ2n) is 6.90. The summed E-state index contributed by atoms with van der Waals surface area (Å²) >= 11 is 1.45. The number of primary amides is 1. The molecular formula is C16H23N5O3S. The highest BCUT2D eigenvalue weighted by Crippen LogP contribution is 2.42. The lowest BCUT2D eigenvalue weighted by atomic mass is 9.94. The number of carbonyl (C=O) groups is 1. The molecule has 0 unspecified atom stereocenters. The average Bonchev–Trinajstić information content (AvgIpc) is 3.02. The number of thiophene rings is 1. The van der Waals surface area contributed by atoms with Crippen LogP contribution in [0.1, 0.15) is 50.8 Å². The van der Waals surface area contributed by atoms with Crippen LogP contribution in [0.25, 0.3) is 0 Å². The van der Waals surface area contributed by atoms with Gasteiger partial charge in [0.25, 0.3) is 5.66 Å². The minimum absolute atomic E-state index is 0.421. The van der Waals surface area contributed by atoms with Crippen molar-refractivity contribution in [2.45, 2.75) is 57.2 Å². The Labute approximate surface area is 150 Å². The summed E-state index contributed by atoms with van der Waals surface area (Å²) in [6, 6.07) is 2.95. The predicted molar refractivity (Wildman–Crippen MR) is 95.7 cm³/mol.